The molecule has 0 aliphatic rings. The second-order valence-corrected chi connectivity index (χ2v) is 6.16. The zero-order chi connectivity index (χ0) is 14.6. The van der Waals surface area contributed by atoms with Gasteiger partial charge in [-0.1, -0.05) is 26.0 Å². The molecule has 0 radical (unpaired) electrons. The number of thioether (sulfide) groups is 1. The molecule has 0 spiro atoms. The lowest BCUT2D eigenvalue weighted by Gasteiger charge is -2.09. The van der Waals surface area contributed by atoms with Gasteiger partial charge < -0.3 is 14.8 Å². The Balaban J connectivity index is 2.18. The van der Waals surface area contributed by atoms with Gasteiger partial charge in [-0.15, -0.1) is 11.8 Å². The van der Waals surface area contributed by atoms with Crippen LogP contribution in [0, 0.1) is 0 Å². The van der Waals surface area contributed by atoms with Crippen LogP contribution in [0.5, 0.6) is 0 Å². The van der Waals surface area contributed by atoms with Crippen LogP contribution in [0.1, 0.15) is 25.8 Å². The molecule has 1 aromatic rings. The molecule has 1 rings (SSSR count). The zero-order valence-electron chi connectivity index (χ0n) is 12.9. The van der Waals surface area contributed by atoms with Gasteiger partial charge in [0.1, 0.15) is 0 Å². The first-order chi connectivity index (χ1) is 9.72. The third-order valence-corrected chi connectivity index (χ3v) is 3.70. The molecule has 0 saturated carbocycles. The molecule has 0 heterocycles. The minimum atomic E-state index is 0.520. The smallest absolute Gasteiger partial charge is 0.0560 e. The second-order valence-electron chi connectivity index (χ2n) is 4.99. The second kappa shape index (κ2) is 11.1. The van der Waals surface area contributed by atoms with Gasteiger partial charge >= 0.3 is 0 Å². The van der Waals surface area contributed by atoms with Crippen LogP contribution >= 0.6 is 11.8 Å². The van der Waals surface area contributed by atoms with E-state index in [1.165, 1.54) is 10.5 Å². The van der Waals surface area contributed by atoms with Gasteiger partial charge in [0.15, 0.2) is 0 Å². The first-order valence-electron chi connectivity index (χ1n) is 7.24. The summed E-state index contributed by atoms with van der Waals surface area (Å²) in [6, 6.07) is 9.23. The predicted molar refractivity (Wildman–Crippen MR) is 86.5 cm³/mol. The molecule has 3 nitrogen and oxygen atoms in total. The Labute approximate surface area is 127 Å². The maximum Gasteiger partial charge on any atom is 0.0560 e. The molecule has 20 heavy (non-hydrogen) atoms. The molecule has 0 aliphatic carbocycles. The summed E-state index contributed by atoms with van der Waals surface area (Å²) in [7, 11) is 1.72. The van der Waals surface area contributed by atoms with Gasteiger partial charge in [0.05, 0.1) is 6.61 Å². The number of hydrogen-bond donors (Lipinski definition) is 1. The molecule has 4 heteroatoms. The van der Waals surface area contributed by atoms with Gasteiger partial charge in [0.25, 0.3) is 0 Å². The maximum absolute atomic E-state index is 5.55. The van der Waals surface area contributed by atoms with Crippen LogP contribution in [0.15, 0.2) is 29.2 Å². The van der Waals surface area contributed by atoms with E-state index >= 15 is 0 Å². The molecule has 1 aromatic carbocycles. The third-order valence-electron chi connectivity index (χ3n) is 2.75. The largest absolute Gasteiger partial charge is 0.385 e. The SMILES string of the molecule is COCCCOCCSc1cccc(CNC(C)C)c1. The van der Waals surface area contributed by atoms with E-state index in [1.54, 1.807) is 7.11 Å². The van der Waals surface area contributed by atoms with Crippen molar-refractivity contribution in [1.29, 1.82) is 0 Å². The number of hydrogen-bond acceptors (Lipinski definition) is 4. The summed E-state index contributed by atoms with van der Waals surface area (Å²) >= 11 is 1.85. The van der Waals surface area contributed by atoms with E-state index in [4.69, 9.17) is 9.47 Å². The molecule has 0 fully saturated rings. The molecule has 0 bridgehead atoms. The lowest BCUT2D eigenvalue weighted by atomic mass is 10.2. The summed E-state index contributed by atoms with van der Waals surface area (Å²) in [5, 5.41) is 3.44. The van der Waals surface area contributed by atoms with Gasteiger partial charge in [-0.3, -0.25) is 0 Å². The fourth-order valence-corrected chi connectivity index (χ4v) is 2.54. The van der Waals surface area contributed by atoms with Crippen LogP contribution in [-0.4, -0.2) is 38.7 Å². The first-order valence-corrected chi connectivity index (χ1v) is 8.22. The highest BCUT2D eigenvalue weighted by Gasteiger charge is 1.99. The number of ether oxygens (including phenoxy) is 2. The number of nitrogens with one attached hydrogen (secondary N) is 1. The Morgan fingerprint density at radius 3 is 2.80 bits per heavy atom. The van der Waals surface area contributed by atoms with E-state index in [2.05, 4.69) is 43.4 Å². The lowest BCUT2D eigenvalue weighted by molar-refractivity contribution is 0.113. The summed E-state index contributed by atoms with van der Waals surface area (Å²) in [5.74, 6) is 0.994. The van der Waals surface area contributed by atoms with Crippen molar-refractivity contribution in [1.82, 2.24) is 5.32 Å². The van der Waals surface area contributed by atoms with Crippen molar-refractivity contribution in [2.45, 2.75) is 37.8 Å². The van der Waals surface area contributed by atoms with Crippen molar-refractivity contribution in [3.05, 3.63) is 29.8 Å². The predicted octanol–water partition coefficient (Wildman–Crippen LogP) is 3.33. The highest BCUT2D eigenvalue weighted by molar-refractivity contribution is 7.99. The minimum absolute atomic E-state index is 0.520. The highest BCUT2D eigenvalue weighted by Crippen LogP contribution is 2.19. The Kier molecular flexibility index (Phi) is 9.75. The van der Waals surface area contributed by atoms with Crippen LogP contribution in [0.2, 0.25) is 0 Å². The van der Waals surface area contributed by atoms with Gasteiger partial charge in [0.2, 0.25) is 0 Å². The minimum Gasteiger partial charge on any atom is -0.385 e. The normalized spacial score (nSPS) is 11.2. The van der Waals surface area contributed by atoms with Gasteiger partial charge in [-0.2, -0.15) is 0 Å². The lowest BCUT2D eigenvalue weighted by Crippen LogP contribution is -2.21. The van der Waals surface area contributed by atoms with E-state index < -0.39 is 0 Å². The quantitative estimate of drug-likeness (QED) is 0.501. The van der Waals surface area contributed by atoms with Crippen LogP contribution in [-0.2, 0) is 16.0 Å². The molecule has 0 unspecified atom stereocenters. The first kappa shape index (κ1) is 17.5. The van der Waals surface area contributed by atoms with Crippen molar-refractivity contribution in [2.24, 2.45) is 0 Å². The topological polar surface area (TPSA) is 30.5 Å². The van der Waals surface area contributed by atoms with Crippen molar-refractivity contribution in [3.63, 3.8) is 0 Å². The monoisotopic (exact) mass is 297 g/mol. The summed E-state index contributed by atoms with van der Waals surface area (Å²) < 4.78 is 10.5. The molecule has 1 N–H and O–H groups in total. The van der Waals surface area contributed by atoms with Crippen molar-refractivity contribution < 1.29 is 9.47 Å². The average molecular weight is 297 g/mol. The maximum atomic E-state index is 5.55. The fraction of sp³-hybridized carbons (Fsp3) is 0.625. The number of rotatable bonds is 11. The number of methoxy groups -OCH3 is 1. The Morgan fingerprint density at radius 1 is 1.20 bits per heavy atom. The van der Waals surface area contributed by atoms with E-state index in [0.717, 1.165) is 38.5 Å². The number of benzene rings is 1. The van der Waals surface area contributed by atoms with E-state index in [1.807, 2.05) is 11.8 Å². The zero-order valence-corrected chi connectivity index (χ0v) is 13.7. The van der Waals surface area contributed by atoms with Crippen LogP contribution in [0.4, 0.5) is 0 Å². The molecule has 114 valence electrons. The van der Waals surface area contributed by atoms with Crippen molar-refractivity contribution >= 4 is 11.8 Å². The summed E-state index contributed by atoms with van der Waals surface area (Å²) in [6.07, 6.45) is 0.970. The third kappa shape index (κ3) is 8.59. The average Bonchev–Trinajstić information content (AvgIpc) is 2.45. The summed E-state index contributed by atoms with van der Waals surface area (Å²) in [6.45, 7) is 7.62. The van der Waals surface area contributed by atoms with Crippen molar-refractivity contribution in [3.8, 4) is 0 Å². The van der Waals surface area contributed by atoms with Gasteiger partial charge in [0, 0.05) is 43.6 Å². The Bertz CT molecular complexity index is 358. The van der Waals surface area contributed by atoms with Gasteiger partial charge in [-0.05, 0) is 24.1 Å². The fourth-order valence-electron chi connectivity index (χ4n) is 1.69. The molecular formula is C16H27NO2S. The van der Waals surface area contributed by atoms with E-state index in [0.29, 0.717) is 6.04 Å². The van der Waals surface area contributed by atoms with E-state index in [9.17, 15) is 0 Å². The molecule has 0 aromatic heterocycles. The van der Waals surface area contributed by atoms with Gasteiger partial charge in [-0.25, -0.2) is 0 Å². The Morgan fingerprint density at radius 2 is 2.05 bits per heavy atom. The highest BCUT2D eigenvalue weighted by atomic mass is 32.2. The van der Waals surface area contributed by atoms with E-state index in [-0.39, 0.29) is 0 Å². The molecule has 0 atom stereocenters. The van der Waals surface area contributed by atoms with Crippen LogP contribution < -0.4 is 5.32 Å². The van der Waals surface area contributed by atoms with Crippen LogP contribution in [0.3, 0.4) is 0 Å². The standard InChI is InChI=1S/C16H27NO2S/c1-14(2)17-13-15-6-4-7-16(12-15)20-11-10-19-9-5-8-18-3/h4,6-7,12,14,17H,5,8-11,13H2,1-3H3. The molecule has 0 saturated heterocycles. The summed E-state index contributed by atoms with van der Waals surface area (Å²) in [4.78, 5) is 1.31. The van der Waals surface area contributed by atoms with Crippen LogP contribution in [0.25, 0.3) is 0 Å². The molecule has 0 amide bonds. The molecule has 0 aliphatic heterocycles. The Hall–Kier alpha value is -0.550. The summed E-state index contributed by atoms with van der Waals surface area (Å²) in [5.41, 5.74) is 1.34. The molecular weight excluding hydrogens is 270 g/mol. The van der Waals surface area contributed by atoms with Crippen molar-refractivity contribution in [2.75, 3.05) is 32.7 Å².